The van der Waals surface area contributed by atoms with Crippen molar-refractivity contribution in [2.45, 2.75) is 6.10 Å². The topological polar surface area (TPSA) is 52.3 Å². The monoisotopic (exact) mass is 243 g/mol. The summed E-state index contributed by atoms with van der Waals surface area (Å²) in [7, 11) is 0. The smallest absolute Gasteiger partial charge is 0.263 e. The van der Waals surface area contributed by atoms with E-state index < -0.39 is 17.8 Å². The quantitative estimate of drug-likeness (QED) is 0.836. The van der Waals surface area contributed by atoms with E-state index in [2.05, 4.69) is 0 Å². The number of carbonyl (C=O) groups is 1. The molecule has 2 aromatic rings. The molecule has 0 spiro atoms. The Hall–Kier alpha value is -2.36. The summed E-state index contributed by atoms with van der Waals surface area (Å²) in [6.07, 6.45) is -0.939. The number of rotatable bonds is 1. The third-order valence-corrected chi connectivity index (χ3v) is 2.98. The fraction of sp³-hybridized carbons (Fsp3) is 0.0714. The molecule has 0 aliphatic carbocycles. The molecule has 18 heavy (non-hydrogen) atoms. The SMILES string of the molecule is NC(=O)C1Oc2ccccc2-c2ccc(F)cc21. The van der Waals surface area contributed by atoms with Crippen molar-refractivity contribution in [2.75, 3.05) is 0 Å². The number of fused-ring (bicyclic) bond motifs is 3. The van der Waals surface area contributed by atoms with E-state index in [0.717, 1.165) is 11.1 Å². The van der Waals surface area contributed by atoms with Crippen LogP contribution in [0.15, 0.2) is 42.5 Å². The van der Waals surface area contributed by atoms with Crippen LogP contribution in [0, 0.1) is 5.82 Å². The van der Waals surface area contributed by atoms with Gasteiger partial charge in [-0.1, -0.05) is 24.3 Å². The summed E-state index contributed by atoms with van der Waals surface area (Å²) in [4.78, 5) is 11.4. The summed E-state index contributed by atoms with van der Waals surface area (Å²) in [5, 5.41) is 0. The van der Waals surface area contributed by atoms with E-state index in [1.165, 1.54) is 12.1 Å². The zero-order chi connectivity index (χ0) is 12.7. The minimum atomic E-state index is -0.939. The van der Waals surface area contributed by atoms with Gasteiger partial charge in [0.2, 0.25) is 6.10 Å². The van der Waals surface area contributed by atoms with Gasteiger partial charge in [-0.25, -0.2) is 4.39 Å². The number of para-hydroxylation sites is 1. The molecule has 1 atom stereocenters. The van der Waals surface area contributed by atoms with Crippen LogP contribution >= 0.6 is 0 Å². The van der Waals surface area contributed by atoms with Crippen molar-refractivity contribution in [1.82, 2.24) is 0 Å². The van der Waals surface area contributed by atoms with Crippen molar-refractivity contribution in [1.29, 1.82) is 0 Å². The lowest BCUT2D eigenvalue weighted by atomic mass is 9.92. The number of benzene rings is 2. The van der Waals surface area contributed by atoms with Gasteiger partial charge in [-0.15, -0.1) is 0 Å². The maximum Gasteiger partial charge on any atom is 0.263 e. The first-order valence-corrected chi connectivity index (χ1v) is 5.51. The van der Waals surface area contributed by atoms with Gasteiger partial charge in [0.15, 0.2) is 0 Å². The third kappa shape index (κ3) is 1.54. The van der Waals surface area contributed by atoms with Crippen LogP contribution in [0.4, 0.5) is 4.39 Å². The maximum absolute atomic E-state index is 13.3. The summed E-state index contributed by atoms with van der Waals surface area (Å²) >= 11 is 0. The van der Waals surface area contributed by atoms with Crippen LogP contribution in [0.2, 0.25) is 0 Å². The first-order valence-electron chi connectivity index (χ1n) is 5.51. The van der Waals surface area contributed by atoms with Gasteiger partial charge in [-0.2, -0.15) is 0 Å². The molecular weight excluding hydrogens is 233 g/mol. The predicted octanol–water partition coefficient (Wildman–Crippen LogP) is 2.41. The molecule has 0 saturated carbocycles. The highest BCUT2D eigenvalue weighted by Crippen LogP contribution is 2.42. The highest BCUT2D eigenvalue weighted by Gasteiger charge is 2.29. The molecule has 0 radical (unpaired) electrons. The van der Waals surface area contributed by atoms with Gasteiger partial charge in [-0.05, 0) is 23.8 Å². The first-order chi connectivity index (χ1) is 8.66. The molecule has 3 rings (SSSR count). The molecule has 3 nitrogen and oxygen atoms in total. The van der Waals surface area contributed by atoms with Gasteiger partial charge in [0.25, 0.3) is 5.91 Å². The fourth-order valence-corrected chi connectivity index (χ4v) is 2.19. The second-order valence-electron chi connectivity index (χ2n) is 4.13. The van der Waals surface area contributed by atoms with E-state index in [1.54, 1.807) is 12.1 Å². The summed E-state index contributed by atoms with van der Waals surface area (Å²) in [6.45, 7) is 0. The van der Waals surface area contributed by atoms with Crippen molar-refractivity contribution >= 4 is 5.91 Å². The van der Waals surface area contributed by atoms with Gasteiger partial charge < -0.3 is 10.5 Å². The van der Waals surface area contributed by atoms with Gasteiger partial charge in [-0.3, -0.25) is 4.79 Å². The Balaban J connectivity index is 2.27. The Morgan fingerprint density at radius 1 is 1.17 bits per heavy atom. The fourth-order valence-electron chi connectivity index (χ4n) is 2.19. The number of nitrogens with two attached hydrogens (primary N) is 1. The second kappa shape index (κ2) is 3.84. The van der Waals surface area contributed by atoms with Crippen molar-refractivity contribution in [2.24, 2.45) is 5.73 Å². The molecule has 90 valence electrons. The third-order valence-electron chi connectivity index (χ3n) is 2.98. The summed E-state index contributed by atoms with van der Waals surface area (Å²) in [5.41, 5.74) is 7.39. The number of halogens is 1. The van der Waals surface area contributed by atoms with E-state index in [1.807, 2.05) is 18.2 Å². The van der Waals surface area contributed by atoms with Crippen molar-refractivity contribution in [3.8, 4) is 16.9 Å². The molecule has 0 aromatic heterocycles. The van der Waals surface area contributed by atoms with E-state index in [9.17, 15) is 9.18 Å². The molecule has 4 heteroatoms. The predicted molar refractivity (Wildman–Crippen MR) is 64.4 cm³/mol. The first kappa shape index (κ1) is 10.8. The molecule has 1 unspecified atom stereocenters. The van der Waals surface area contributed by atoms with Crippen molar-refractivity contribution < 1.29 is 13.9 Å². The molecule has 1 amide bonds. The standard InChI is InChI=1S/C14H10FNO2/c15-8-5-6-9-10-3-1-2-4-12(10)18-13(14(16)17)11(9)7-8/h1-7,13H,(H2,16,17). The largest absolute Gasteiger partial charge is 0.475 e. The summed E-state index contributed by atoms with van der Waals surface area (Å²) in [6, 6.07) is 11.6. The Morgan fingerprint density at radius 2 is 1.94 bits per heavy atom. The highest BCUT2D eigenvalue weighted by atomic mass is 19.1. The Kier molecular flexibility index (Phi) is 2.30. The molecule has 1 aliphatic heterocycles. The van der Waals surface area contributed by atoms with E-state index in [0.29, 0.717) is 11.3 Å². The number of ether oxygens (including phenoxy) is 1. The minimum absolute atomic E-state index is 0.414. The van der Waals surface area contributed by atoms with Crippen molar-refractivity contribution in [3.63, 3.8) is 0 Å². The molecule has 2 aromatic carbocycles. The number of hydrogen-bond acceptors (Lipinski definition) is 2. The minimum Gasteiger partial charge on any atom is -0.475 e. The number of primary amides is 1. The van der Waals surface area contributed by atoms with Crippen LogP contribution in [0.1, 0.15) is 11.7 Å². The Bertz CT molecular complexity index is 639. The molecule has 1 aliphatic rings. The van der Waals surface area contributed by atoms with Crippen LogP contribution in [0.25, 0.3) is 11.1 Å². The summed E-state index contributed by atoms with van der Waals surface area (Å²) in [5.74, 6) is -0.459. The van der Waals surface area contributed by atoms with Crippen LogP contribution in [-0.2, 0) is 4.79 Å². The molecule has 0 fully saturated rings. The van der Waals surface area contributed by atoms with E-state index in [4.69, 9.17) is 10.5 Å². The molecular formula is C14H10FNO2. The van der Waals surface area contributed by atoms with E-state index in [-0.39, 0.29) is 0 Å². The van der Waals surface area contributed by atoms with Gasteiger partial charge in [0, 0.05) is 11.1 Å². The summed E-state index contributed by atoms with van der Waals surface area (Å²) < 4.78 is 18.8. The van der Waals surface area contributed by atoms with Gasteiger partial charge >= 0.3 is 0 Å². The molecule has 0 saturated heterocycles. The normalized spacial score (nSPS) is 16.4. The molecule has 0 bridgehead atoms. The Labute approximate surface area is 103 Å². The molecule has 1 heterocycles. The van der Waals surface area contributed by atoms with Gasteiger partial charge in [0.1, 0.15) is 11.6 Å². The van der Waals surface area contributed by atoms with Crippen LogP contribution in [-0.4, -0.2) is 5.91 Å². The van der Waals surface area contributed by atoms with Crippen molar-refractivity contribution in [3.05, 3.63) is 53.8 Å². The second-order valence-corrected chi connectivity index (χ2v) is 4.13. The van der Waals surface area contributed by atoms with E-state index >= 15 is 0 Å². The highest BCUT2D eigenvalue weighted by molar-refractivity contribution is 5.87. The lowest BCUT2D eigenvalue weighted by molar-refractivity contribution is -0.125. The van der Waals surface area contributed by atoms with Gasteiger partial charge in [0.05, 0.1) is 0 Å². The van der Waals surface area contributed by atoms with Crippen LogP contribution in [0.3, 0.4) is 0 Å². The lowest BCUT2D eigenvalue weighted by Gasteiger charge is -2.26. The van der Waals surface area contributed by atoms with Crippen LogP contribution < -0.4 is 10.5 Å². The number of carbonyl (C=O) groups excluding carboxylic acids is 1. The Morgan fingerprint density at radius 3 is 2.72 bits per heavy atom. The zero-order valence-electron chi connectivity index (χ0n) is 9.39. The number of hydrogen-bond donors (Lipinski definition) is 1. The molecule has 2 N–H and O–H groups in total. The number of amides is 1. The lowest BCUT2D eigenvalue weighted by Crippen LogP contribution is -2.28. The van der Waals surface area contributed by atoms with Crippen LogP contribution in [0.5, 0.6) is 5.75 Å². The maximum atomic E-state index is 13.3. The average Bonchev–Trinajstić information content (AvgIpc) is 2.37. The average molecular weight is 243 g/mol. The zero-order valence-corrected chi connectivity index (χ0v) is 9.39.